The van der Waals surface area contributed by atoms with Crippen LogP contribution in [0.1, 0.15) is 22.8 Å². The molecule has 170 valence electrons. The van der Waals surface area contributed by atoms with E-state index in [1.165, 1.54) is 0 Å². The topological polar surface area (TPSA) is 118 Å². The molecule has 8 nitrogen and oxygen atoms in total. The van der Waals surface area contributed by atoms with Gasteiger partial charge in [-0.05, 0) is 48.4 Å². The third-order valence-electron chi connectivity index (χ3n) is 5.43. The molecule has 2 aromatic heterocycles. The van der Waals surface area contributed by atoms with Crippen LogP contribution in [0.3, 0.4) is 0 Å². The van der Waals surface area contributed by atoms with Crippen LogP contribution in [-0.4, -0.2) is 46.5 Å². The maximum atomic E-state index is 12.8. The SMILES string of the molecule is CN=C(NC)c1cc(C)c2nc(-c3c(NCC(O)c4cccc(Cl)c4)cc[nH]c3=O)[nH]c2c1. The zero-order chi connectivity index (χ0) is 23.5. The Balaban J connectivity index is 1.69. The van der Waals surface area contributed by atoms with E-state index < -0.39 is 6.10 Å². The molecule has 2 heterocycles. The van der Waals surface area contributed by atoms with Gasteiger partial charge >= 0.3 is 0 Å². The molecule has 0 spiro atoms. The minimum atomic E-state index is -0.801. The van der Waals surface area contributed by atoms with Gasteiger partial charge in [0.1, 0.15) is 17.2 Å². The normalized spacial score (nSPS) is 12.7. The van der Waals surface area contributed by atoms with Crippen molar-refractivity contribution in [2.24, 2.45) is 4.99 Å². The second kappa shape index (κ2) is 9.48. The van der Waals surface area contributed by atoms with Gasteiger partial charge in [-0.1, -0.05) is 23.7 Å². The van der Waals surface area contributed by atoms with Crippen molar-refractivity contribution in [1.29, 1.82) is 0 Å². The Kier molecular flexibility index (Phi) is 6.48. The van der Waals surface area contributed by atoms with Gasteiger partial charge in [0.15, 0.2) is 0 Å². The number of aliphatic imine (C=N–C) groups is 1. The number of amidine groups is 1. The van der Waals surface area contributed by atoms with E-state index >= 15 is 0 Å². The number of pyridine rings is 1. The number of nitrogens with one attached hydrogen (secondary N) is 4. The van der Waals surface area contributed by atoms with E-state index in [1.54, 1.807) is 43.6 Å². The molecule has 33 heavy (non-hydrogen) atoms. The standard InChI is InChI=1S/C24H25ClN6O2/c1-13-9-15(22(26-2)27-3)11-18-21(13)31-23(30-18)20-17(7-8-28-24(20)33)29-12-19(32)14-5-4-6-16(25)10-14/h4-11,19,32H,12H2,1-3H3,(H,26,27)(H,30,31)(H2,28,29,33). The molecule has 1 unspecified atom stereocenters. The lowest BCUT2D eigenvalue weighted by atomic mass is 10.1. The maximum Gasteiger partial charge on any atom is 0.261 e. The van der Waals surface area contributed by atoms with Crippen molar-refractivity contribution in [1.82, 2.24) is 20.3 Å². The van der Waals surface area contributed by atoms with Crippen LogP contribution in [0, 0.1) is 6.92 Å². The first-order valence-electron chi connectivity index (χ1n) is 10.5. The number of aliphatic hydroxyl groups is 1. The second-order valence-corrected chi connectivity index (χ2v) is 8.08. The maximum absolute atomic E-state index is 12.8. The van der Waals surface area contributed by atoms with Crippen molar-refractivity contribution in [3.8, 4) is 11.4 Å². The number of imidazole rings is 1. The largest absolute Gasteiger partial charge is 0.387 e. The van der Waals surface area contributed by atoms with Crippen molar-refractivity contribution >= 4 is 34.2 Å². The highest BCUT2D eigenvalue weighted by Crippen LogP contribution is 2.27. The quantitative estimate of drug-likeness (QED) is 0.220. The first-order chi connectivity index (χ1) is 15.9. The lowest BCUT2D eigenvalue weighted by molar-refractivity contribution is 0.191. The third-order valence-corrected chi connectivity index (χ3v) is 5.66. The summed E-state index contributed by atoms with van der Waals surface area (Å²) in [4.78, 5) is 27.7. The summed E-state index contributed by atoms with van der Waals surface area (Å²) in [7, 11) is 3.54. The van der Waals surface area contributed by atoms with Gasteiger partial charge in [0.25, 0.3) is 5.56 Å². The van der Waals surface area contributed by atoms with Gasteiger partial charge in [0, 0.05) is 37.4 Å². The summed E-state index contributed by atoms with van der Waals surface area (Å²) in [6.07, 6.45) is 0.757. The van der Waals surface area contributed by atoms with Crippen molar-refractivity contribution in [2.45, 2.75) is 13.0 Å². The summed E-state index contributed by atoms with van der Waals surface area (Å²) in [5, 5.41) is 17.4. The first kappa shape index (κ1) is 22.6. The number of nitrogens with zero attached hydrogens (tertiary/aromatic N) is 2. The fraction of sp³-hybridized carbons (Fsp3) is 0.208. The molecule has 0 aliphatic rings. The van der Waals surface area contributed by atoms with Gasteiger partial charge in [-0.2, -0.15) is 0 Å². The first-order valence-corrected chi connectivity index (χ1v) is 10.8. The number of aromatic amines is 2. The van der Waals surface area contributed by atoms with E-state index in [0.29, 0.717) is 27.7 Å². The minimum Gasteiger partial charge on any atom is -0.387 e. The molecule has 0 amide bonds. The number of hydrogen-bond acceptors (Lipinski definition) is 5. The van der Waals surface area contributed by atoms with Gasteiger partial charge in [-0.3, -0.25) is 9.79 Å². The zero-order valence-corrected chi connectivity index (χ0v) is 19.3. The third kappa shape index (κ3) is 4.62. The molecule has 0 saturated heterocycles. The molecule has 0 radical (unpaired) electrons. The molecule has 0 aliphatic carbocycles. The van der Waals surface area contributed by atoms with Crippen LogP contribution in [0.4, 0.5) is 5.69 Å². The lowest BCUT2D eigenvalue weighted by Gasteiger charge is -2.15. The Morgan fingerprint density at radius 1 is 1.27 bits per heavy atom. The van der Waals surface area contributed by atoms with Gasteiger partial charge in [-0.25, -0.2) is 4.98 Å². The van der Waals surface area contributed by atoms with Crippen molar-refractivity contribution in [3.05, 3.63) is 80.7 Å². The van der Waals surface area contributed by atoms with Crippen LogP contribution in [0.5, 0.6) is 0 Å². The molecule has 0 aliphatic heterocycles. The number of aryl methyl sites for hydroxylation is 1. The van der Waals surface area contributed by atoms with Crippen molar-refractivity contribution in [2.75, 3.05) is 26.0 Å². The predicted octanol–water partition coefficient (Wildman–Crippen LogP) is 3.62. The van der Waals surface area contributed by atoms with Crippen LogP contribution in [0.2, 0.25) is 5.02 Å². The number of rotatable bonds is 6. The monoisotopic (exact) mass is 464 g/mol. The van der Waals surface area contributed by atoms with Crippen molar-refractivity contribution < 1.29 is 5.11 Å². The van der Waals surface area contributed by atoms with E-state index in [9.17, 15) is 9.90 Å². The molecule has 4 aromatic rings. The number of H-pyrrole nitrogens is 2. The number of halogens is 1. The molecule has 0 bridgehead atoms. The Labute approximate surface area is 195 Å². The molecule has 5 N–H and O–H groups in total. The number of aliphatic hydroxyl groups excluding tert-OH is 1. The van der Waals surface area contributed by atoms with E-state index in [-0.39, 0.29) is 12.1 Å². The zero-order valence-electron chi connectivity index (χ0n) is 18.5. The van der Waals surface area contributed by atoms with Gasteiger partial charge < -0.3 is 25.7 Å². The summed E-state index contributed by atoms with van der Waals surface area (Å²) in [6.45, 7) is 2.16. The number of hydrogen-bond donors (Lipinski definition) is 5. The molecule has 1 atom stereocenters. The van der Waals surface area contributed by atoms with Gasteiger partial charge in [-0.15, -0.1) is 0 Å². The average Bonchev–Trinajstić information content (AvgIpc) is 3.22. The van der Waals surface area contributed by atoms with Crippen LogP contribution in [0.15, 0.2) is 58.4 Å². The van der Waals surface area contributed by atoms with Crippen molar-refractivity contribution in [3.63, 3.8) is 0 Å². The number of aromatic nitrogens is 3. The summed E-state index contributed by atoms with van der Waals surface area (Å²) in [5.74, 6) is 1.19. The Bertz CT molecular complexity index is 1390. The highest BCUT2D eigenvalue weighted by Gasteiger charge is 2.17. The Morgan fingerprint density at radius 2 is 2.09 bits per heavy atom. The van der Waals surface area contributed by atoms with E-state index in [1.807, 2.05) is 26.1 Å². The summed E-state index contributed by atoms with van der Waals surface area (Å²) < 4.78 is 0. The minimum absolute atomic E-state index is 0.193. The Hall–Kier alpha value is -3.62. The molecule has 0 fully saturated rings. The summed E-state index contributed by atoms with van der Waals surface area (Å²) >= 11 is 6.03. The number of fused-ring (bicyclic) bond motifs is 1. The smallest absolute Gasteiger partial charge is 0.261 e. The fourth-order valence-electron chi connectivity index (χ4n) is 3.83. The highest BCUT2D eigenvalue weighted by molar-refractivity contribution is 6.30. The van der Waals surface area contributed by atoms with Gasteiger partial charge in [0.05, 0.1) is 22.8 Å². The van der Waals surface area contributed by atoms with Crippen LogP contribution in [-0.2, 0) is 0 Å². The molecular formula is C24H25ClN6O2. The number of benzene rings is 2. The predicted molar refractivity (Wildman–Crippen MR) is 133 cm³/mol. The molecule has 4 rings (SSSR count). The molecular weight excluding hydrogens is 440 g/mol. The second-order valence-electron chi connectivity index (χ2n) is 7.64. The molecule has 9 heteroatoms. The average molecular weight is 465 g/mol. The van der Waals surface area contributed by atoms with Crippen LogP contribution < -0.4 is 16.2 Å². The van der Waals surface area contributed by atoms with Crippen LogP contribution in [0.25, 0.3) is 22.4 Å². The van der Waals surface area contributed by atoms with E-state index in [4.69, 9.17) is 16.6 Å². The van der Waals surface area contributed by atoms with E-state index in [2.05, 4.69) is 25.6 Å². The number of anilines is 1. The van der Waals surface area contributed by atoms with Gasteiger partial charge in [0.2, 0.25) is 0 Å². The van der Waals surface area contributed by atoms with E-state index in [0.717, 1.165) is 28.0 Å². The summed E-state index contributed by atoms with van der Waals surface area (Å²) in [5.41, 5.74) is 4.77. The van der Waals surface area contributed by atoms with Crippen LogP contribution >= 0.6 is 11.6 Å². The Morgan fingerprint density at radius 3 is 2.82 bits per heavy atom. The molecule has 0 saturated carbocycles. The highest BCUT2D eigenvalue weighted by atomic mass is 35.5. The molecule has 2 aromatic carbocycles. The lowest BCUT2D eigenvalue weighted by Crippen LogP contribution is -2.19. The summed E-state index contributed by atoms with van der Waals surface area (Å²) in [6, 6.07) is 12.7. The fourth-order valence-corrected chi connectivity index (χ4v) is 4.03.